The van der Waals surface area contributed by atoms with Crippen molar-refractivity contribution in [1.29, 1.82) is 0 Å². The third-order valence-corrected chi connectivity index (χ3v) is 3.48. The van der Waals surface area contributed by atoms with Gasteiger partial charge in [-0.25, -0.2) is 4.79 Å². The van der Waals surface area contributed by atoms with Crippen LogP contribution in [0.5, 0.6) is 5.75 Å². The number of hydrogen-bond donors (Lipinski definition) is 2. The molecular formula is C17H18F3N3O2. The van der Waals surface area contributed by atoms with E-state index in [4.69, 9.17) is 4.74 Å². The predicted molar refractivity (Wildman–Crippen MR) is 87.5 cm³/mol. The fourth-order valence-corrected chi connectivity index (χ4v) is 2.16. The second-order valence-corrected chi connectivity index (χ2v) is 5.43. The second-order valence-electron chi connectivity index (χ2n) is 5.43. The van der Waals surface area contributed by atoms with E-state index in [1.165, 1.54) is 12.1 Å². The highest BCUT2D eigenvalue weighted by molar-refractivity contribution is 5.90. The SMILES string of the molecule is Cc1c(NC(=O)N[C@@H](C)c2ccncc2)cccc1OCC(F)(F)F. The first kappa shape index (κ1) is 18.6. The molecule has 1 heterocycles. The van der Waals surface area contributed by atoms with Crippen LogP contribution in [0.2, 0.25) is 0 Å². The molecule has 8 heteroatoms. The highest BCUT2D eigenvalue weighted by Crippen LogP contribution is 2.27. The average molecular weight is 353 g/mol. The van der Waals surface area contributed by atoms with Crippen LogP contribution < -0.4 is 15.4 Å². The average Bonchev–Trinajstić information content (AvgIpc) is 2.55. The van der Waals surface area contributed by atoms with Gasteiger partial charge in [-0.05, 0) is 43.7 Å². The van der Waals surface area contributed by atoms with E-state index in [0.29, 0.717) is 11.3 Å². The molecule has 0 unspecified atom stereocenters. The quantitative estimate of drug-likeness (QED) is 0.846. The predicted octanol–water partition coefficient (Wildman–Crippen LogP) is 4.21. The van der Waals surface area contributed by atoms with E-state index in [9.17, 15) is 18.0 Å². The molecule has 0 saturated heterocycles. The Morgan fingerprint density at radius 3 is 2.56 bits per heavy atom. The van der Waals surface area contributed by atoms with Crippen LogP contribution in [0.4, 0.5) is 23.7 Å². The lowest BCUT2D eigenvalue weighted by molar-refractivity contribution is -0.153. The van der Waals surface area contributed by atoms with Crippen molar-refractivity contribution in [2.75, 3.05) is 11.9 Å². The van der Waals surface area contributed by atoms with Gasteiger partial charge in [0.15, 0.2) is 6.61 Å². The molecule has 1 aromatic heterocycles. The molecule has 0 radical (unpaired) electrons. The van der Waals surface area contributed by atoms with Crippen LogP contribution in [-0.2, 0) is 0 Å². The van der Waals surface area contributed by atoms with Crippen molar-refractivity contribution in [3.05, 3.63) is 53.9 Å². The number of anilines is 1. The molecule has 134 valence electrons. The van der Waals surface area contributed by atoms with Crippen LogP contribution in [0.15, 0.2) is 42.7 Å². The number of halogens is 3. The van der Waals surface area contributed by atoms with Crippen LogP contribution in [0.1, 0.15) is 24.1 Å². The number of alkyl halides is 3. The van der Waals surface area contributed by atoms with Gasteiger partial charge in [0.05, 0.1) is 6.04 Å². The number of amides is 2. The molecule has 2 rings (SSSR count). The van der Waals surface area contributed by atoms with E-state index in [1.807, 2.05) is 6.92 Å². The van der Waals surface area contributed by atoms with Crippen molar-refractivity contribution in [3.63, 3.8) is 0 Å². The number of rotatable bonds is 5. The molecule has 5 nitrogen and oxygen atoms in total. The molecule has 0 aliphatic rings. The molecule has 0 bridgehead atoms. The third kappa shape index (κ3) is 5.66. The highest BCUT2D eigenvalue weighted by Gasteiger charge is 2.28. The standard InChI is InChI=1S/C17H18F3N3O2/c1-11-14(4-3-5-15(11)25-10-17(18,19)20)23-16(24)22-12(2)13-6-8-21-9-7-13/h3-9,12H,10H2,1-2H3,(H2,22,23,24)/t12-/m0/s1. The minimum Gasteiger partial charge on any atom is -0.484 e. The zero-order valence-corrected chi connectivity index (χ0v) is 13.7. The molecule has 25 heavy (non-hydrogen) atoms. The molecular weight excluding hydrogens is 335 g/mol. The van der Waals surface area contributed by atoms with E-state index in [2.05, 4.69) is 15.6 Å². The van der Waals surface area contributed by atoms with Gasteiger partial charge in [0.2, 0.25) is 0 Å². The normalized spacial score (nSPS) is 12.4. The Hall–Kier alpha value is -2.77. The van der Waals surface area contributed by atoms with Gasteiger partial charge >= 0.3 is 12.2 Å². The van der Waals surface area contributed by atoms with Gasteiger partial charge in [0.1, 0.15) is 5.75 Å². The molecule has 2 N–H and O–H groups in total. The number of aromatic nitrogens is 1. The van der Waals surface area contributed by atoms with Crippen molar-refractivity contribution in [2.24, 2.45) is 0 Å². The summed E-state index contributed by atoms with van der Waals surface area (Å²) in [5.74, 6) is 0.0670. The molecule has 0 saturated carbocycles. The summed E-state index contributed by atoms with van der Waals surface area (Å²) < 4.78 is 41.6. The Kier molecular flexibility index (Phi) is 5.84. The first-order valence-electron chi connectivity index (χ1n) is 7.53. The van der Waals surface area contributed by atoms with Crippen LogP contribution in [0.25, 0.3) is 0 Å². The second kappa shape index (κ2) is 7.87. The Morgan fingerprint density at radius 1 is 1.24 bits per heavy atom. The van der Waals surface area contributed by atoms with Crippen molar-refractivity contribution in [3.8, 4) is 5.75 Å². The summed E-state index contributed by atoms with van der Waals surface area (Å²) in [5.41, 5.74) is 1.67. The minimum atomic E-state index is -4.42. The number of carbonyl (C=O) groups is 1. The molecule has 0 aliphatic carbocycles. The van der Waals surface area contributed by atoms with Crippen molar-refractivity contribution < 1.29 is 22.7 Å². The van der Waals surface area contributed by atoms with Gasteiger partial charge in [0, 0.05) is 23.6 Å². The maximum Gasteiger partial charge on any atom is 0.422 e. The number of benzene rings is 1. The third-order valence-electron chi connectivity index (χ3n) is 3.48. The smallest absolute Gasteiger partial charge is 0.422 e. The first-order valence-corrected chi connectivity index (χ1v) is 7.53. The Balaban J connectivity index is 2.01. The topological polar surface area (TPSA) is 63.2 Å². The molecule has 0 aliphatic heterocycles. The maximum atomic E-state index is 12.3. The van der Waals surface area contributed by atoms with Gasteiger partial charge < -0.3 is 15.4 Å². The summed E-state index contributed by atoms with van der Waals surface area (Å²) in [5, 5.41) is 5.37. The largest absolute Gasteiger partial charge is 0.484 e. The summed E-state index contributed by atoms with van der Waals surface area (Å²) in [6, 6.07) is 7.36. The van der Waals surface area contributed by atoms with Gasteiger partial charge in [-0.2, -0.15) is 13.2 Å². The number of ether oxygens (including phenoxy) is 1. The molecule has 0 spiro atoms. The lowest BCUT2D eigenvalue weighted by Crippen LogP contribution is -2.31. The Morgan fingerprint density at radius 2 is 1.92 bits per heavy atom. The summed E-state index contributed by atoms with van der Waals surface area (Å²) in [6.07, 6.45) is -1.18. The van der Waals surface area contributed by atoms with Crippen LogP contribution in [0.3, 0.4) is 0 Å². The number of nitrogens with one attached hydrogen (secondary N) is 2. The van der Waals surface area contributed by atoms with E-state index in [1.54, 1.807) is 37.5 Å². The zero-order chi connectivity index (χ0) is 18.4. The number of pyridine rings is 1. The fraction of sp³-hybridized carbons (Fsp3) is 0.294. The number of hydrogen-bond acceptors (Lipinski definition) is 3. The summed E-state index contributed by atoms with van der Waals surface area (Å²) in [6.45, 7) is 2.00. The van der Waals surface area contributed by atoms with Crippen LogP contribution >= 0.6 is 0 Å². The molecule has 0 fully saturated rings. The minimum absolute atomic E-state index is 0.0670. The molecule has 2 aromatic rings. The van der Waals surface area contributed by atoms with Crippen molar-refractivity contribution >= 4 is 11.7 Å². The van der Waals surface area contributed by atoms with Gasteiger partial charge in [-0.1, -0.05) is 6.07 Å². The molecule has 1 atom stereocenters. The lowest BCUT2D eigenvalue weighted by Gasteiger charge is -2.17. The maximum absolute atomic E-state index is 12.3. The summed E-state index contributed by atoms with van der Waals surface area (Å²) in [7, 11) is 0. The molecule has 2 amide bonds. The number of carbonyl (C=O) groups excluding carboxylic acids is 1. The van der Waals surface area contributed by atoms with Crippen molar-refractivity contribution in [1.82, 2.24) is 10.3 Å². The van der Waals surface area contributed by atoms with Crippen LogP contribution in [-0.4, -0.2) is 23.8 Å². The first-order chi connectivity index (χ1) is 11.8. The zero-order valence-electron chi connectivity index (χ0n) is 13.7. The highest BCUT2D eigenvalue weighted by atomic mass is 19.4. The number of nitrogens with zero attached hydrogens (tertiary/aromatic N) is 1. The summed E-state index contributed by atoms with van der Waals surface area (Å²) in [4.78, 5) is 16.0. The van der Waals surface area contributed by atoms with Crippen molar-refractivity contribution in [2.45, 2.75) is 26.1 Å². The summed E-state index contributed by atoms with van der Waals surface area (Å²) >= 11 is 0. The van der Waals surface area contributed by atoms with E-state index < -0.39 is 18.8 Å². The van der Waals surface area contributed by atoms with E-state index in [-0.39, 0.29) is 11.8 Å². The van der Waals surface area contributed by atoms with Crippen LogP contribution in [0, 0.1) is 6.92 Å². The fourth-order valence-electron chi connectivity index (χ4n) is 2.16. The monoisotopic (exact) mass is 353 g/mol. The Labute approximate surface area is 143 Å². The van der Waals surface area contributed by atoms with Gasteiger partial charge in [-0.15, -0.1) is 0 Å². The van der Waals surface area contributed by atoms with Gasteiger partial charge in [-0.3, -0.25) is 4.98 Å². The van der Waals surface area contributed by atoms with E-state index >= 15 is 0 Å². The molecule has 1 aromatic carbocycles. The van der Waals surface area contributed by atoms with Gasteiger partial charge in [0.25, 0.3) is 0 Å². The Bertz CT molecular complexity index is 721. The lowest BCUT2D eigenvalue weighted by atomic mass is 10.1. The van der Waals surface area contributed by atoms with E-state index in [0.717, 1.165) is 5.56 Å². The number of urea groups is 1.